The van der Waals surface area contributed by atoms with Crippen LogP contribution in [0.5, 0.6) is 11.5 Å². The highest BCUT2D eigenvalue weighted by atomic mass is 32.2. The van der Waals surface area contributed by atoms with Crippen molar-refractivity contribution in [1.29, 1.82) is 0 Å². The van der Waals surface area contributed by atoms with Crippen molar-refractivity contribution in [2.75, 3.05) is 19.0 Å². The summed E-state index contributed by atoms with van der Waals surface area (Å²) in [4.78, 5) is 31.1. The van der Waals surface area contributed by atoms with E-state index in [1.807, 2.05) is 19.9 Å². The lowest BCUT2D eigenvalue weighted by Crippen LogP contribution is -2.19. The zero-order chi connectivity index (χ0) is 21.2. The maximum Gasteiger partial charge on any atom is 0.341 e. The molecular weight excluding hydrogens is 396 g/mol. The molecule has 0 fully saturated rings. The summed E-state index contributed by atoms with van der Waals surface area (Å²) in [6.45, 7) is 5.47. The van der Waals surface area contributed by atoms with Gasteiger partial charge in [0, 0.05) is 11.4 Å². The molecule has 2 N–H and O–H groups in total. The summed E-state index contributed by atoms with van der Waals surface area (Å²) in [7, 11) is 0. The van der Waals surface area contributed by atoms with Crippen LogP contribution in [0.15, 0.2) is 34.5 Å². The van der Waals surface area contributed by atoms with Crippen LogP contribution in [0.25, 0.3) is 0 Å². The normalized spacial score (nSPS) is 10.7. The summed E-state index contributed by atoms with van der Waals surface area (Å²) in [6.07, 6.45) is 1.46. The number of carboxylic acids is 1. The highest BCUT2D eigenvalue weighted by Gasteiger charge is 2.08. The number of aryl methyl sites for hydroxylation is 2. The van der Waals surface area contributed by atoms with Gasteiger partial charge in [0.05, 0.1) is 18.6 Å². The molecular formula is C19H22N4O5S. The number of aliphatic carboxylic acids is 1. The van der Waals surface area contributed by atoms with E-state index in [1.54, 1.807) is 25.1 Å². The molecule has 0 spiro atoms. The Hall–Kier alpha value is -3.14. The van der Waals surface area contributed by atoms with E-state index in [0.29, 0.717) is 28.8 Å². The molecule has 0 unspecified atom stereocenters. The van der Waals surface area contributed by atoms with Crippen LogP contribution in [-0.4, -0.2) is 52.1 Å². The van der Waals surface area contributed by atoms with Crippen molar-refractivity contribution < 1.29 is 24.2 Å². The lowest BCUT2D eigenvalue weighted by atomic mass is 10.2. The van der Waals surface area contributed by atoms with Gasteiger partial charge in [0.15, 0.2) is 23.3 Å². The molecule has 0 saturated carbocycles. The fourth-order valence-electron chi connectivity index (χ4n) is 2.23. The lowest BCUT2D eigenvalue weighted by Gasteiger charge is -2.11. The van der Waals surface area contributed by atoms with E-state index in [9.17, 15) is 9.59 Å². The van der Waals surface area contributed by atoms with E-state index < -0.39 is 12.6 Å². The number of hydrogen-bond acceptors (Lipinski definition) is 8. The Morgan fingerprint density at radius 1 is 1.17 bits per heavy atom. The number of nitrogens with zero attached hydrogens (tertiary/aromatic N) is 3. The summed E-state index contributed by atoms with van der Waals surface area (Å²) in [5.41, 5.74) is 4.79. The minimum Gasteiger partial charge on any atom is -0.490 e. The number of amides is 1. The number of aromatic nitrogens is 2. The number of nitrogens with one attached hydrogen (secondary N) is 1. The molecule has 29 heavy (non-hydrogen) atoms. The number of thioether (sulfide) groups is 1. The number of ether oxygens (including phenoxy) is 2. The van der Waals surface area contributed by atoms with Crippen molar-refractivity contribution in [3.8, 4) is 11.5 Å². The van der Waals surface area contributed by atoms with Crippen molar-refractivity contribution in [1.82, 2.24) is 15.4 Å². The van der Waals surface area contributed by atoms with Crippen LogP contribution >= 0.6 is 11.8 Å². The largest absolute Gasteiger partial charge is 0.490 e. The zero-order valence-electron chi connectivity index (χ0n) is 16.3. The van der Waals surface area contributed by atoms with Crippen LogP contribution in [0.4, 0.5) is 0 Å². The van der Waals surface area contributed by atoms with E-state index in [-0.39, 0.29) is 11.7 Å². The molecule has 2 rings (SSSR count). The van der Waals surface area contributed by atoms with Gasteiger partial charge in [0.2, 0.25) is 0 Å². The van der Waals surface area contributed by atoms with Gasteiger partial charge < -0.3 is 14.6 Å². The van der Waals surface area contributed by atoms with Gasteiger partial charge >= 0.3 is 5.97 Å². The Morgan fingerprint density at radius 3 is 2.55 bits per heavy atom. The minimum absolute atomic E-state index is 0.131. The van der Waals surface area contributed by atoms with Crippen LogP contribution in [0, 0.1) is 13.8 Å². The Labute approximate surface area is 172 Å². The third kappa shape index (κ3) is 7.78. The maximum atomic E-state index is 11.9. The molecule has 1 amide bonds. The first-order valence-electron chi connectivity index (χ1n) is 8.75. The average Bonchev–Trinajstić information content (AvgIpc) is 2.65. The molecule has 1 heterocycles. The smallest absolute Gasteiger partial charge is 0.341 e. The highest BCUT2D eigenvalue weighted by molar-refractivity contribution is 7.99. The summed E-state index contributed by atoms with van der Waals surface area (Å²) < 4.78 is 10.6. The van der Waals surface area contributed by atoms with Gasteiger partial charge in [-0.15, -0.1) is 0 Å². The summed E-state index contributed by atoms with van der Waals surface area (Å²) in [5.74, 6) is -0.524. The number of carbonyl (C=O) groups excluding carboxylic acids is 1. The first kappa shape index (κ1) is 22.2. The van der Waals surface area contributed by atoms with E-state index in [0.717, 1.165) is 11.4 Å². The number of rotatable bonds is 10. The molecule has 0 radical (unpaired) electrons. The SMILES string of the molecule is CCOc1cc(/C=N\NC(=O)CSc2nc(C)cc(C)n2)ccc1OCC(=O)O. The van der Waals surface area contributed by atoms with Crippen molar-refractivity contribution in [2.45, 2.75) is 25.9 Å². The molecule has 0 atom stereocenters. The topological polar surface area (TPSA) is 123 Å². The molecule has 0 aliphatic carbocycles. The molecule has 0 bridgehead atoms. The molecule has 0 aliphatic heterocycles. The molecule has 10 heteroatoms. The predicted molar refractivity (Wildman–Crippen MR) is 109 cm³/mol. The first-order chi connectivity index (χ1) is 13.9. The quantitative estimate of drug-likeness (QED) is 0.261. The van der Waals surface area contributed by atoms with E-state index >= 15 is 0 Å². The van der Waals surface area contributed by atoms with E-state index in [4.69, 9.17) is 14.6 Å². The third-order valence-corrected chi connectivity index (χ3v) is 4.16. The van der Waals surface area contributed by atoms with Crippen LogP contribution < -0.4 is 14.9 Å². The molecule has 0 saturated heterocycles. The second-order valence-electron chi connectivity index (χ2n) is 5.84. The average molecular weight is 418 g/mol. The summed E-state index contributed by atoms with van der Waals surface area (Å²) in [6, 6.07) is 6.77. The first-order valence-corrected chi connectivity index (χ1v) is 9.74. The number of carboxylic acid groups (broad SMARTS) is 1. The number of hydrogen-bond donors (Lipinski definition) is 2. The van der Waals surface area contributed by atoms with Gasteiger partial charge in [0.25, 0.3) is 5.91 Å². The summed E-state index contributed by atoms with van der Waals surface area (Å²) in [5, 5.41) is 13.2. The van der Waals surface area contributed by atoms with E-state index in [2.05, 4.69) is 20.5 Å². The van der Waals surface area contributed by atoms with Gasteiger partial charge in [-0.2, -0.15) is 5.10 Å². The molecule has 2 aromatic rings. The minimum atomic E-state index is -1.08. The number of carbonyl (C=O) groups is 2. The van der Waals surface area contributed by atoms with Gasteiger partial charge in [-0.25, -0.2) is 20.2 Å². The van der Waals surface area contributed by atoms with Crippen molar-refractivity contribution in [2.24, 2.45) is 5.10 Å². The molecule has 9 nitrogen and oxygen atoms in total. The van der Waals surface area contributed by atoms with E-state index in [1.165, 1.54) is 18.0 Å². The Kier molecular flexibility index (Phi) is 8.41. The molecule has 1 aromatic heterocycles. The van der Waals surface area contributed by atoms with Gasteiger partial charge in [-0.05, 0) is 50.6 Å². The molecule has 154 valence electrons. The Bertz CT molecular complexity index is 884. The predicted octanol–water partition coefficient (Wildman–Crippen LogP) is 2.20. The van der Waals surface area contributed by atoms with Crippen LogP contribution in [0.3, 0.4) is 0 Å². The lowest BCUT2D eigenvalue weighted by molar-refractivity contribution is -0.139. The monoisotopic (exact) mass is 418 g/mol. The van der Waals surface area contributed by atoms with Gasteiger partial charge in [0.1, 0.15) is 0 Å². The molecule has 0 aliphatic rings. The fraction of sp³-hybridized carbons (Fsp3) is 0.316. The number of hydrazone groups is 1. The van der Waals surface area contributed by atoms with Crippen molar-refractivity contribution in [3.05, 3.63) is 41.2 Å². The van der Waals surface area contributed by atoms with Gasteiger partial charge in [-0.1, -0.05) is 11.8 Å². The highest BCUT2D eigenvalue weighted by Crippen LogP contribution is 2.28. The standard InChI is InChI=1S/C19H22N4O5S/c1-4-27-16-8-14(5-6-15(16)28-10-18(25)26)9-20-23-17(24)11-29-19-21-12(2)7-13(3)22-19/h5-9H,4,10-11H2,1-3H3,(H,23,24)(H,25,26)/b20-9-. The fourth-order valence-corrected chi connectivity index (χ4v) is 2.97. The zero-order valence-corrected chi connectivity index (χ0v) is 17.2. The van der Waals surface area contributed by atoms with Crippen molar-refractivity contribution in [3.63, 3.8) is 0 Å². The Balaban J connectivity index is 1.91. The number of benzene rings is 1. The van der Waals surface area contributed by atoms with Crippen LogP contribution in [-0.2, 0) is 9.59 Å². The second kappa shape index (κ2) is 11.0. The third-order valence-electron chi connectivity index (χ3n) is 3.32. The molecule has 1 aromatic carbocycles. The maximum absolute atomic E-state index is 11.9. The second-order valence-corrected chi connectivity index (χ2v) is 6.78. The van der Waals surface area contributed by atoms with Crippen LogP contribution in [0.2, 0.25) is 0 Å². The van der Waals surface area contributed by atoms with Gasteiger partial charge in [-0.3, -0.25) is 4.79 Å². The summed E-state index contributed by atoms with van der Waals surface area (Å²) >= 11 is 1.23. The van der Waals surface area contributed by atoms with Crippen molar-refractivity contribution >= 4 is 29.9 Å². The Morgan fingerprint density at radius 2 is 1.90 bits per heavy atom. The van der Waals surface area contributed by atoms with Crippen LogP contribution in [0.1, 0.15) is 23.9 Å².